The van der Waals surface area contributed by atoms with E-state index in [0.29, 0.717) is 5.65 Å². The van der Waals surface area contributed by atoms with E-state index in [9.17, 15) is 4.79 Å². The quantitative estimate of drug-likeness (QED) is 0.680. The number of hydrogen-bond donors (Lipinski definition) is 2. The van der Waals surface area contributed by atoms with E-state index >= 15 is 0 Å². The Morgan fingerprint density at radius 1 is 1.54 bits per heavy atom. The molecular weight excluding hydrogens is 170 g/mol. The van der Waals surface area contributed by atoms with E-state index in [0.717, 1.165) is 11.1 Å². The highest BCUT2D eigenvalue weighted by molar-refractivity contribution is 5.89. The van der Waals surface area contributed by atoms with Gasteiger partial charge in [0.05, 0.1) is 0 Å². The van der Waals surface area contributed by atoms with Crippen molar-refractivity contribution in [2.75, 3.05) is 0 Å². The summed E-state index contributed by atoms with van der Waals surface area (Å²) >= 11 is 0. The van der Waals surface area contributed by atoms with Gasteiger partial charge in [-0.1, -0.05) is 0 Å². The fourth-order valence-corrected chi connectivity index (χ4v) is 1.14. The number of aromatic amines is 1. The molecule has 5 heteroatoms. The van der Waals surface area contributed by atoms with E-state index in [1.165, 1.54) is 6.07 Å². The molecule has 0 fully saturated rings. The Bertz CT molecular complexity index is 475. The van der Waals surface area contributed by atoms with Crippen LogP contribution in [-0.2, 0) is 0 Å². The van der Waals surface area contributed by atoms with Crippen molar-refractivity contribution in [1.29, 1.82) is 0 Å². The van der Waals surface area contributed by atoms with Crippen LogP contribution in [0.2, 0.25) is 0 Å². The molecule has 0 bridgehead atoms. The van der Waals surface area contributed by atoms with Crippen LogP contribution in [0.1, 0.15) is 16.2 Å². The van der Waals surface area contributed by atoms with Gasteiger partial charge in [-0.2, -0.15) is 5.10 Å². The summed E-state index contributed by atoms with van der Waals surface area (Å²) in [6.07, 6.45) is 0. The maximum Gasteiger partial charge on any atom is 0.354 e. The average Bonchev–Trinajstić information content (AvgIpc) is 2.47. The molecule has 0 saturated heterocycles. The molecule has 0 aliphatic heterocycles. The number of nitrogens with zero attached hydrogens (tertiary/aromatic N) is 2. The van der Waals surface area contributed by atoms with Crippen LogP contribution in [0.3, 0.4) is 0 Å². The Hall–Kier alpha value is -1.91. The van der Waals surface area contributed by atoms with Crippen LogP contribution in [0, 0.1) is 6.92 Å². The Labute approximate surface area is 73.4 Å². The molecule has 2 N–H and O–H groups in total. The van der Waals surface area contributed by atoms with Crippen molar-refractivity contribution >= 4 is 17.0 Å². The van der Waals surface area contributed by atoms with Crippen LogP contribution >= 0.6 is 0 Å². The molecule has 0 spiro atoms. The Kier molecular flexibility index (Phi) is 1.51. The third kappa shape index (κ3) is 1.14. The predicted octanol–water partition coefficient (Wildman–Crippen LogP) is 0.965. The molecule has 0 unspecified atom stereocenters. The van der Waals surface area contributed by atoms with Crippen LogP contribution in [0.4, 0.5) is 0 Å². The maximum atomic E-state index is 10.6. The number of hydrogen-bond acceptors (Lipinski definition) is 3. The molecule has 0 aromatic carbocycles. The normalized spacial score (nSPS) is 10.5. The molecule has 0 aliphatic rings. The first-order valence-electron chi connectivity index (χ1n) is 3.73. The van der Waals surface area contributed by atoms with Gasteiger partial charge < -0.3 is 5.11 Å². The van der Waals surface area contributed by atoms with Crippen molar-refractivity contribution in [3.8, 4) is 0 Å². The summed E-state index contributed by atoms with van der Waals surface area (Å²) in [7, 11) is 0. The van der Waals surface area contributed by atoms with Gasteiger partial charge in [0.15, 0.2) is 11.3 Å². The third-order valence-corrected chi connectivity index (χ3v) is 1.83. The lowest BCUT2D eigenvalue weighted by Gasteiger charge is -1.92. The van der Waals surface area contributed by atoms with Crippen LogP contribution in [-0.4, -0.2) is 26.3 Å². The van der Waals surface area contributed by atoms with Crippen LogP contribution < -0.4 is 0 Å². The molecular formula is C8H7N3O2. The van der Waals surface area contributed by atoms with Crippen molar-refractivity contribution < 1.29 is 9.90 Å². The molecule has 0 atom stereocenters. The lowest BCUT2D eigenvalue weighted by atomic mass is 10.2. The fourth-order valence-electron chi connectivity index (χ4n) is 1.14. The lowest BCUT2D eigenvalue weighted by molar-refractivity contribution is 0.0691. The molecule has 0 saturated carbocycles. The standard InChI is InChI=1S/C8H7N3O2/c1-4-5-2-3-6(8(12)13)9-7(5)11-10-4/h2-3H,1H3,(H,12,13)(H,9,10,11). The summed E-state index contributed by atoms with van der Waals surface area (Å²) < 4.78 is 0. The first kappa shape index (κ1) is 7.72. The summed E-state index contributed by atoms with van der Waals surface area (Å²) in [5, 5.41) is 16.1. The molecule has 2 heterocycles. The van der Waals surface area contributed by atoms with Gasteiger partial charge in [-0.15, -0.1) is 0 Å². The maximum absolute atomic E-state index is 10.6. The van der Waals surface area contributed by atoms with Crippen LogP contribution in [0.25, 0.3) is 11.0 Å². The minimum atomic E-state index is -1.04. The molecule has 2 rings (SSSR count). The van der Waals surface area contributed by atoms with Crippen molar-refractivity contribution in [2.45, 2.75) is 6.92 Å². The number of nitrogens with one attached hydrogen (secondary N) is 1. The first-order valence-corrected chi connectivity index (χ1v) is 3.73. The second-order valence-electron chi connectivity index (χ2n) is 2.72. The molecule has 2 aromatic rings. The summed E-state index contributed by atoms with van der Waals surface area (Å²) in [4.78, 5) is 14.4. The Balaban J connectivity index is 2.70. The van der Waals surface area contributed by atoms with E-state index in [2.05, 4.69) is 15.2 Å². The lowest BCUT2D eigenvalue weighted by Crippen LogP contribution is -1.99. The monoisotopic (exact) mass is 177 g/mol. The zero-order chi connectivity index (χ0) is 9.42. The van der Waals surface area contributed by atoms with Gasteiger partial charge in [0, 0.05) is 11.1 Å². The van der Waals surface area contributed by atoms with Gasteiger partial charge in [-0.25, -0.2) is 9.78 Å². The zero-order valence-corrected chi connectivity index (χ0v) is 6.90. The molecule has 66 valence electrons. The number of pyridine rings is 1. The second-order valence-corrected chi connectivity index (χ2v) is 2.72. The summed E-state index contributed by atoms with van der Waals surface area (Å²) in [6.45, 7) is 1.86. The van der Waals surface area contributed by atoms with E-state index in [1.54, 1.807) is 6.07 Å². The number of fused-ring (bicyclic) bond motifs is 1. The number of rotatable bonds is 1. The van der Waals surface area contributed by atoms with Crippen molar-refractivity contribution in [2.24, 2.45) is 0 Å². The number of carboxylic acids is 1. The van der Waals surface area contributed by atoms with Gasteiger partial charge in [0.1, 0.15) is 0 Å². The van der Waals surface area contributed by atoms with E-state index in [-0.39, 0.29) is 5.69 Å². The van der Waals surface area contributed by atoms with E-state index < -0.39 is 5.97 Å². The van der Waals surface area contributed by atoms with Crippen molar-refractivity contribution in [3.63, 3.8) is 0 Å². The molecule has 0 amide bonds. The Morgan fingerprint density at radius 2 is 2.31 bits per heavy atom. The number of aryl methyl sites for hydroxylation is 1. The highest BCUT2D eigenvalue weighted by Gasteiger charge is 2.07. The SMILES string of the molecule is Cc1[nH]nc2nc(C(=O)O)ccc12. The van der Waals surface area contributed by atoms with E-state index in [4.69, 9.17) is 5.11 Å². The van der Waals surface area contributed by atoms with Gasteiger partial charge in [0.2, 0.25) is 0 Å². The van der Waals surface area contributed by atoms with Gasteiger partial charge >= 0.3 is 5.97 Å². The van der Waals surface area contributed by atoms with Gasteiger partial charge in [-0.3, -0.25) is 5.10 Å². The minimum Gasteiger partial charge on any atom is -0.477 e. The van der Waals surface area contributed by atoms with Gasteiger partial charge in [0.25, 0.3) is 0 Å². The first-order chi connectivity index (χ1) is 6.18. The van der Waals surface area contributed by atoms with Gasteiger partial charge in [-0.05, 0) is 19.1 Å². The number of H-pyrrole nitrogens is 1. The highest BCUT2D eigenvalue weighted by Crippen LogP contribution is 2.12. The van der Waals surface area contributed by atoms with Crippen LogP contribution in [0.5, 0.6) is 0 Å². The molecule has 5 nitrogen and oxygen atoms in total. The van der Waals surface area contributed by atoms with Crippen molar-refractivity contribution in [3.05, 3.63) is 23.5 Å². The summed E-state index contributed by atoms with van der Waals surface area (Å²) in [5.41, 5.74) is 1.34. The van der Waals surface area contributed by atoms with E-state index in [1.807, 2.05) is 6.92 Å². The zero-order valence-electron chi connectivity index (χ0n) is 6.90. The highest BCUT2D eigenvalue weighted by atomic mass is 16.4. The number of carbonyl (C=O) groups is 1. The third-order valence-electron chi connectivity index (χ3n) is 1.83. The number of aromatic nitrogens is 3. The number of aromatic carboxylic acids is 1. The molecule has 0 aliphatic carbocycles. The average molecular weight is 177 g/mol. The molecule has 13 heavy (non-hydrogen) atoms. The second kappa shape index (κ2) is 2.55. The topological polar surface area (TPSA) is 78.9 Å². The summed E-state index contributed by atoms with van der Waals surface area (Å²) in [6, 6.07) is 3.16. The van der Waals surface area contributed by atoms with Crippen molar-refractivity contribution in [1.82, 2.24) is 15.2 Å². The summed E-state index contributed by atoms with van der Waals surface area (Å²) in [5.74, 6) is -1.04. The number of carboxylic acid groups (broad SMARTS) is 1. The predicted molar refractivity (Wildman–Crippen MR) is 45.6 cm³/mol. The smallest absolute Gasteiger partial charge is 0.354 e. The Morgan fingerprint density at radius 3 is 3.00 bits per heavy atom. The van der Waals surface area contributed by atoms with Crippen LogP contribution in [0.15, 0.2) is 12.1 Å². The molecule has 2 aromatic heterocycles. The fraction of sp³-hybridized carbons (Fsp3) is 0.125. The minimum absolute atomic E-state index is 0.0130. The molecule has 0 radical (unpaired) electrons. The largest absolute Gasteiger partial charge is 0.477 e.